The molecular weight excluding hydrogens is 426 g/mol. The van der Waals surface area contributed by atoms with Crippen LogP contribution in [0.15, 0.2) is 77.7 Å². The highest BCUT2D eigenvalue weighted by Gasteiger charge is 2.43. The fraction of sp³-hybridized carbons (Fsp3) is 0.320. The Balaban J connectivity index is 1.52. The van der Waals surface area contributed by atoms with Crippen molar-refractivity contribution in [1.82, 2.24) is 4.31 Å². The predicted molar refractivity (Wildman–Crippen MR) is 123 cm³/mol. The van der Waals surface area contributed by atoms with Crippen LogP contribution in [0.2, 0.25) is 0 Å². The van der Waals surface area contributed by atoms with Gasteiger partial charge in [-0.25, -0.2) is 8.42 Å². The first kappa shape index (κ1) is 22.5. The van der Waals surface area contributed by atoms with Gasteiger partial charge in [0.05, 0.1) is 16.9 Å². The molecule has 0 bridgehead atoms. The smallest absolute Gasteiger partial charge is 0.303 e. The van der Waals surface area contributed by atoms with E-state index in [4.69, 9.17) is 0 Å². The van der Waals surface area contributed by atoms with Gasteiger partial charge in [-0.1, -0.05) is 60.7 Å². The zero-order valence-electron chi connectivity index (χ0n) is 17.7. The lowest BCUT2D eigenvalue weighted by Gasteiger charge is -2.42. The molecular formula is C25H27NO5S. The minimum Gasteiger partial charge on any atom is -0.481 e. The van der Waals surface area contributed by atoms with Crippen LogP contribution >= 0.6 is 0 Å². The Kier molecular flexibility index (Phi) is 6.33. The third-order valence-corrected chi connectivity index (χ3v) is 8.35. The van der Waals surface area contributed by atoms with Crippen LogP contribution in [-0.2, 0) is 21.2 Å². The summed E-state index contributed by atoms with van der Waals surface area (Å²) < 4.78 is 27.9. The van der Waals surface area contributed by atoms with Gasteiger partial charge < -0.3 is 10.2 Å². The van der Waals surface area contributed by atoms with Crippen molar-refractivity contribution < 1.29 is 23.4 Å². The Bertz CT molecular complexity index is 1200. The molecule has 1 atom stereocenters. The third-order valence-electron chi connectivity index (χ3n) is 6.45. The zero-order chi connectivity index (χ0) is 22.8. The molecule has 0 aromatic heterocycles. The lowest BCUT2D eigenvalue weighted by atomic mass is 9.75. The zero-order valence-corrected chi connectivity index (χ0v) is 18.5. The molecule has 1 unspecified atom stereocenters. The largest absolute Gasteiger partial charge is 0.481 e. The van der Waals surface area contributed by atoms with E-state index in [1.807, 2.05) is 54.6 Å². The van der Waals surface area contributed by atoms with E-state index in [0.29, 0.717) is 6.42 Å². The quantitative estimate of drug-likeness (QED) is 0.569. The molecule has 1 aliphatic rings. The number of fused-ring (bicyclic) bond motifs is 1. The molecule has 0 spiro atoms. The van der Waals surface area contributed by atoms with Crippen molar-refractivity contribution in [2.24, 2.45) is 5.92 Å². The van der Waals surface area contributed by atoms with Crippen LogP contribution in [0, 0.1) is 5.92 Å². The second-order valence-electron chi connectivity index (χ2n) is 8.50. The van der Waals surface area contributed by atoms with Crippen LogP contribution in [0.25, 0.3) is 10.8 Å². The molecule has 4 rings (SSSR count). The number of carboxylic acids is 1. The first-order valence-electron chi connectivity index (χ1n) is 10.7. The number of carbonyl (C=O) groups is 1. The Morgan fingerprint density at radius 1 is 0.938 bits per heavy atom. The molecule has 32 heavy (non-hydrogen) atoms. The maximum absolute atomic E-state index is 13.2. The van der Waals surface area contributed by atoms with Crippen LogP contribution < -0.4 is 0 Å². The molecule has 7 heteroatoms. The first-order chi connectivity index (χ1) is 15.3. The molecule has 1 heterocycles. The van der Waals surface area contributed by atoms with Gasteiger partial charge >= 0.3 is 5.97 Å². The van der Waals surface area contributed by atoms with Crippen molar-refractivity contribution in [1.29, 1.82) is 0 Å². The van der Waals surface area contributed by atoms with E-state index in [0.717, 1.165) is 16.3 Å². The Morgan fingerprint density at radius 3 is 2.22 bits per heavy atom. The summed E-state index contributed by atoms with van der Waals surface area (Å²) in [4.78, 5) is 11.7. The number of rotatable bonds is 7. The van der Waals surface area contributed by atoms with Crippen molar-refractivity contribution in [3.63, 3.8) is 0 Å². The normalized spacial score (nSPS) is 17.8. The average Bonchev–Trinajstić information content (AvgIpc) is 2.79. The summed E-state index contributed by atoms with van der Waals surface area (Å²) in [5, 5.41) is 22.6. The van der Waals surface area contributed by atoms with Crippen molar-refractivity contribution in [3.8, 4) is 0 Å². The van der Waals surface area contributed by atoms with Crippen LogP contribution in [-0.4, -0.2) is 47.6 Å². The number of piperidine rings is 1. The molecule has 0 aliphatic carbocycles. The number of carboxylic acid groups (broad SMARTS) is 1. The van der Waals surface area contributed by atoms with Crippen molar-refractivity contribution in [3.05, 3.63) is 78.4 Å². The van der Waals surface area contributed by atoms with Gasteiger partial charge in [0.25, 0.3) is 0 Å². The second kappa shape index (κ2) is 9.02. The Labute approximate surface area is 188 Å². The molecule has 2 N–H and O–H groups in total. The number of nitrogens with zero attached hydrogens (tertiary/aromatic N) is 1. The highest BCUT2D eigenvalue weighted by molar-refractivity contribution is 7.89. The van der Waals surface area contributed by atoms with Crippen LogP contribution in [0.4, 0.5) is 0 Å². The SMILES string of the molecule is O=C(O)CC(Cc1ccccc1)C1(O)CCN(S(=O)(=O)c2ccc3ccccc3c2)CC1. The van der Waals surface area contributed by atoms with Gasteiger partial charge in [0, 0.05) is 19.0 Å². The highest BCUT2D eigenvalue weighted by atomic mass is 32.2. The van der Waals surface area contributed by atoms with E-state index in [1.54, 1.807) is 18.2 Å². The molecule has 6 nitrogen and oxygen atoms in total. The Hall–Kier alpha value is -2.74. The summed E-state index contributed by atoms with van der Waals surface area (Å²) in [5.41, 5.74) is -0.276. The van der Waals surface area contributed by atoms with Gasteiger partial charge in [-0.15, -0.1) is 0 Å². The number of aliphatic hydroxyl groups is 1. The van der Waals surface area contributed by atoms with Crippen LogP contribution in [0.3, 0.4) is 0 Å². The van der Waals surface area contributed by atoms with Gasteiger partial charge in [0.2, 0.25) is 10.0 Å². The van der Waals surface area contributed by atoms with E-state index in [2.05, 4.69) is 0 Å². The number of hydrogen-bond acceptors (Lipinski definition) is 4. The van der Waals surface area contributed by atoms with E-state index in [9.17, 15) is 23.4 Å². The number of benzene rings is 3. The minimum atomic E-state index is -3.71. The molecule has 1 fully saturated rings. The van der Waals surface area contributed by atoms with Gasteiger partial charge in [-0.3, -0.25) is 4.79 Å². The highest BCUT2D eigenvalue weighted by Crippen LogP contribution is 2.36. The summed E-state index contributed by atoms with van der Waals surface area (Å²) in [5.74, 6) is -1.46. The summed E-state index contributed by atoms with van der Waals surface area (Å²) in [6.07, 6.45) is 0.666. The summed E-state index contributed by atoms with van der Waals surface area (Å²) in [7, 11) is -3.71. The number of sulfonamides is 1. The molecule has 3 aromatic carbocycles. The molecule has 3 aromatic rings. The maximum atomic E-state index is 13.2. The lowest BCUT2D eigenvalue weighted by molar-refractivity contribution is -0.142. The minimum absolute atomic E-state index is 0.149. The van der Waals surface area contributed by atoms with Crippen LogP contribution in [0.1, 0.15) is 24.8 Å². The average molecular weight is 454 g/mol. The molecule has 1 aliphatic heterocycles. The van der Waals surface area contributed by atoms with Crippen LogP contribution in [0.5, 0.6) is 0 Å². The lowest BCUT2D eigenvalue weighted by Crippen LogP contribution is -2.51. The van der Waals surface area contributed by atoms with E-state index >= 15 is 0 Å². The predicted octanol–water partition coefficient (Wildman–Crippen LogP) is 3.69. The first-order valence-corrected chi connectivity index (χ1v) is 12.2. The third kappa shape index (κ3) is 4.70. The van der Waals surface area contributed by atoms with Crippen molar-refractivity contribution in [2.75, 3.05) is 13.1 Å². The monoisotopic (exact) mass is 453 g/mol. The number of aliphatic carboxylic acids is 1. The molecule has 0 amide bonds. The fourth-order valence-corrected chi connectivity index (χ4v) is 6.04. The van der Waals surface area contributed by atoms with E-state index in [-0.39, 0.29) is 37.2 Å². The molecule has 168 valence electrons. The summed E-state index contributed by atoms with van der Waals surface area (Å²) >= 11 is 0. The van der Waals surface area contributed by atoms with Gasteiger partial charge in [-0.05, 0) is 47.7 Å². The topological polar surface area (TPSA) is 94.9 Å². The van der Waals surface area contributed by atoms with E-state index in [1.165, 1.54) is 4.31 Å². The molecule has 0 radical (unpaired) electrons. The molecule has 0 saturated carbocycles. The molecule has 1 saturated heterocycles. The summed E-state index contributed by atoms with van der Waals surface area (Å²) in [6.45, 7) is 0.299. The summed E-state index contributed by atoms with van der Waals surface area (Å²) in [6, 6.07) is 22.2. The van der Waals surface area contributed by atoms with Gasteiger partial charge in [0.1, 0.15) is 0 Å². The van der Waals surface area contributed by atoms with Gasteiger partial charge in [0.15, 0.2) is 0 Å². The number of hydrogen-bond donors (Lipinski definition) is 2. The van der Waals surface area contributed by atoms with Gasteiger partial charge in [-0.2, -0.15) is 4.31 Å². The van der Waals surface area contributed by atoms with Crippen molar-refractivity contribution in [2.45, 2.75) is 36.2 Å². The maximum Gasteiger partial charge on any atom is 0.303 e. The second-order valence-corrected chi connectivity index (χ2v) is 10.4. The fourth-order valence-electron chi connectivity index (χ4n) is 4.56. The standard InChI is InChI=1S/C25H27NO5S/c27-24(28)18-22(16-19-6-2-1-3-7-19)25(29)12-14-26(15-13-25)32(30,31)23-11-10-20-8-4-5-9-21(20)17-23/h1-11,17,22,29H,12-16,18H2,(H,27,28). The van der Waals surface area contributed by atoms with Crippen molar-refractivity contribution >= 4 is 26.8 Å². The Morgan fingerprint density at radius 2 is 1.56 bits per heavy atom. The van der Waals surface area contributed by atoms with E-state index < -0.39 is 27.5 Å².